The third-order valence-electron chi connectivity index (χ3n) is 11.3. The van der Waals surface area contributed by atoms with E-state index in [2.05, 4.69) is 127 Å². The van der Waals surface area contributed by atoms with Crippen LogP contribution in [0.25, 0.3) is 33.0 Å². The Morgan fingerprint density at radius 2 is 1.51 bits per heavy atom. The fourth-order valence-corrected chi connectivity index (χ4v) is 13.7. The molecule has 1 unspecified atom stereocenters. The summed E-state index contributed by atoms with van der Waals surface area (Å²) in [6.45, 7) is 19.3. The molecule has 47 heavy (non-hydrogen) atoms. The van der Waals surface area contributed by atoms with E-state index in [-0.39, 0.29) is 56.4 Å². The van der Waals surface area contributed by atoms with Gasteiger partial charge in [-0.2, -0.15) is 0 Å². The van der Waals surface area contributed by atoms with Crippen LogP contribution in [0, 0.1) is 12.0 Å². The largest absolute Gasteiger partial charge is 3.00 e. The SMILES string of the molecule is CC1=C(c2[c-]c(-c3ccc(C(C)(C)C)cc3)c3c(c2)C2C(C(C)C)=C3[Si]2(C)C)c2cc3c(c(-c4ccccc4)c2C1)CCC3.[Cl-].[Cl-].[Zr+3]. The van der Waals surface area contributed by atoms with Crippen molar-refractivity contribution < 1.29 is 51.0 Å². The van der Waals surface area contributed by atoms with E-state index >= 15 is 0 Å². The minimum absolute atomic E-state index is 0. The third-order valence-corrected chi connectivity index (χ3v) is 15.2. The maximum atomic E-state index is 4.14. The monoisotopic (exact) mass is 749 g/mol. The zero-order valence-electron chi connectivity index (χ0n) is 29.1. The molecule has 0 nitrogen and oxygen atoms in total. The van der Waals surface area contributed by atoms with Crippen molar-refractivity contribution in [1.29, 1.82) is 0 Å². The van der Waals surface area contributed by atoms with Crippen molar-refractivity contribution in [3.63, 3.8) is 0 Å². The second kappa shape index (κ2) is 12.7. The molecule has 4 aromatic rings. The van der Waals surface area contributed by atoms with Crippen molar-refractivity contribution in [2.24, 2.45) is 5.92 Å². The maximum absolute atomic E-state index is 4.14. The van der Waals surface area contributed by atoms with E-state index in [9.17, 15) is 0 Å². The molecule has 2 heterocycles. The van der Waals surface area contributed by atoms with Gasteiger partial charge in [-0.1, -0.05) is 141 Å². The van der Waals surface area contributed by atoms with Gasteiger partial charge in [0.05, 0.1) is 8.07 Å². The summed E-state index contributed by atoms with van der Waals surface area (Å²) in [6, 6.07) is 30.0. The second-order valence-electron chi connectivity index (χ2n) is 15.8. The van der Waals surface area contributed by atoms with Crippen molar-refractivity contribution in [3.05, 3.63) is 128 Å². The molecule has 4 aromatic carbocycles. The van der Waals surface area contributed by atoms with Crippen LogP contribution in [0.2, 0.25) is 13.1 Å². The molecule has 4 heteroatoms. The fourth-order valence-electron chi connectivity index (χ4n) is 9.32. The molecule has 2 bridgehead atoms. The minimum Gasteiger partial charge on any atom is -1.00 e. The summed E-state index contributed by atoms with van der Waals surface area (Å²) in [5.74, 6) is 0.590. The van der Waals surface area contributed by atoms with Gasteiger partial charge in [0.2, 0.25) is 0 Å². The maximum Gasteiger partial charge on any atom is 3.00 e. The molecule has 3 aliphatic carbocycles. The Labute approximate surface area is 315 Å². The molecule has 0 aromatic heterocycles. The van der Waals surface area contributed by atoms with Crippen molar-refractivity contribution >= 4 is 18.8 Å². The zero-order valence-corrected chi connectivity index (χ0v) is 34.1. The average Bonchev–Trinajstić information content (AvgIpc) is 3.73. The Morgan fingerprint density at radius 1 is 0.830 bits per heavy atom. The average molecular weight is 752 g/mol. The van der Waals surface area contributed by atoms with Gasteiger partial charge in [-0.05, 0) is 88.4 Å². The summed E-state index contributed by atoms with van der Waals surface area (Å²) in [6.07, 6.45) is 4.70. The van der Waals surface area contributed by atoms with E-state index in [1.165, 1.54) is 80.5 Å². The van der Waals surface area contributed by atoms with E-state index in [0.29, 0.717) is 11.5 Å². The number of allylic oxidation sites excluding steroid dienone is 2. The van der Waals surface area contributed by atoms with Crippen LogP contribution in [0.5, 0.6) is 0 Å². The molecule has 239 valence electrons. The number of fused-ring (bicyclic) bond motifs is 2. The quantitative estimate of drug-likeness (QED) is 0.197. The van der Waals surface area contributed by atoms with Gasteiger partial charge in [-0.3, -0.25) is 0 Å². The van der Waals surface area contributed by atoms with Crippen LogP contribution in [0.3, 0.4) is 0 Å². The van der Waals surface area contributed by atoms with Crippen molar-refractivity contribution in [2.45, 2.75) is 91.3 Å². The van der Waals surface area contributed by atoms with Gasteiger partial charge < -0.3 is 24.8 Å². The molecule has 0 fully saturated rings. The number of rotatable bonds is 4. The molecule has 1 radical (unpaired) electrons. The Kier molecular flexibility index (Phi) is 9.84. The molecule has 0 saturated carbocycles. The summed E-state index contributed by atoms with van der Waals surface area (Å²) in [7, 11) is -1.56. The third kappa shape index (κ3) is 5.40. The first-order valence-electron chi connectivity index (χ1n) is 16.9. The van der Waals surface area contributed by atoms with E-state index in [4.69, 9.17) is 0 Å². The molecule has 0 N–H and O–H groups in total. The van der Waals surface area contributed by atoms with Gasteiger partial charge in [0.1, 0.15) is 0 Å². The topological polar surface area (TPSA) is 0 Å². The standard InChI is InChI=1S/C43H45Si.2ClH.Zr/c1-25(2)37-41-36-24-30(23-33(40(36)42(37)44(41,7)8)27-17-19-31(20-18-27)43(4,5)6)38-26(3)21-34-35(38)22-29-15-12-16-32(29)39(34)28-13-10-9-11-14-28;;;/h9-11,13-14,17-20,22,24-25,41H,12,15-16,21H2,1-8H3;2*1H;/q-1;;;+3/p-2. The van der Waals surface area contributed by atoms with Gasteiger partial charge in [-0.15, -0.1) is 28.8 Å². The van der Waals surface area contributed by atoms with Gasteiger partial charge in [0.15, 0.2) is 0 Å². The fraction of sp³-hybridized carbons (Fsp3) is 0.349. The van der Waals surface area contributed by atoms with E-state index in [0.717, 1.165) is 6.42 Å². The van der Waals surface area contributed by atoms with Crippen LogP contribution in [0.4, 0.5) is 0 Å². The summed E-state index contributed by atoms with van der Waals surface area (Å²) in [4.78, 5) is 0. The Balaban J connectivity index is 0.00000144. The number of benzene rings is 4. The van der Waals surface area contributed by atoms with E-state index in [1.54, 1.807) is 27.5 Å². The van der Waals surface area contributed by atoms with Gasteiger partial charge in [0.25, 0.3) is 0 Å². The van der Waals surface area contributed by atoms with Crippen LogP contribution in [0.15, 0.2) is 77.9 Å². The van der Waals surface area contributed by atoms with Gasteiger partial charge >= 0.3 is 26.2 Å². The van der Waals surface area contributed by atoms with Gasteiger partial charge in [0, 0.05) is 0 Å². The Morgan fingerprint density at radius 3 is 2.15 bits per heavy atom. The second-order valence-corrected chi connectivity index (χ2v) is 20.3. The molecular formula is C43H45Cl2SiZr. The first-order chi connectivity index (χ1) is 21.0. The normalized spacial score (nSPS) is 18.2. The summed E-state index contributed by atoms with van der Waals surface area (Å²) >= 11 is 0. The summed E-state index contributed by atoms with van der Waals surface area (Å²) in [5, 5.41) is 1.73. The number of hydrogen-bond acceptors (Lipinski definition) is 0. The van der Waals surface area contributed by atoms with Crippen molar-refractivity contribution in [3.8, 4) is 22.3 Å². The minimum atomic E-state index is -1.56. The van der Waals surface area contributed by atoms with E-state index in [1.807, 2.05) is 0 Å². The summed E-state index contributed by atoms with van der Waals surface area (Å²) < 4.78 is 0. The van der Waals surface area contributed by atoms with Crippen LogP contribution < -0.4 is 24.8 Å². The molecule has 0 saturated heterocycles. The molecule has 5 aliphatic rings. The molecular weight excluding hydrogens is 707 g/mol. The smallest absolute Gasteiger partial charge is 1.00 e. The number of hydrogen-bond donors (Lipinski definition) is 0. The molecule has 0 amide bonds. The summed E-state index contributed by atoms with van der Waals surface area (Å²) in [5.41, 5.74) is 23.0. The molecule has 9 rings (SSSR count). The van der Waals surface area contributed by atoms with Crippen molar-refractivity contribution in [1.82, 2.24) is 0 Å². The van der Waals surface area contributed by atoms with Crippen LogP contribution in [-0.4, -0.2) is 8.07 Å². The number of aryl methyl sites for hydroxylation is 1. The molecule has 0 spiro atoms. The predicted octanol–water partition coefficient (Wildman–Crippen LogP) is 5.30. The number of halogens is 2. The van der Waals surface area contributed by atoms with Crippen molar-refractivity contribution in [2.75, 3.05) is 0 Å². The Bertz CT molecular complexity index is 1940. The van der Waals surface area contributed by atoms with Crippen LogP contribution in [0.1, 0.15) is 98.0 Å². The first-order valence-corrected chi connectivity index (χ1v) is 19.9. The predicted molar refractivity (Wildman–Crippen MR) is 191 cm³/mol. The van der Waals surface area contributed by atoms with Crippen LogP contribution in [-0.2, 0) is 50.9 Å². The zero-order chi connectivity index (χ0) is 30.7. The van der Waals surface area contributed by atoms with E-state index < -0.39 is 8.07 Å². The molecule has 2 aliphatic heterocycles. The first kappa shape index (κ1) is 36.3. The van der Waals surface area contributed by atoms with Gasteiger partial charge in [-0.25, -0.2) is 0 Å². The Hall–Kier alpha value is -1.96. The molecule has 1 atom stereocenters. The van der Waals surface area contributed by atoms with Crippen LogP contribution >= 0.6 is 0 Å².